The maximum Gasteiger partial charge on any atom is 0.125 e. The van der Waals surface area contributed by atoms with Crippen molar-refractivity contribution in [3.05, 3.63) is 23.9 Å². The molecule has 0 aliphatic rings. The van der Waals surface area contributed by atoms with Crippen molar-refractivity contribution in [2.24, 2.45) is 0 Å². The van der Waals surface area contributed by atoms with Crippen LogP contribution in [0.1, 0.15) is 38.2 Å². The minimum Gasteiger partial charge on any atom is -0.377 e. The van der Waals surface area contributed by atoms with Gasteiger partial charge in [0.25, 0.3) is 0 Å². The Hall–Kier alpha value is -1.09. The highest BCUT2D eigenvalue weighted by atomic mass is 16.5. The molecule has 0 unspecified atom stereocenters. The molecule has 90 valence electrons. The van der Waals surface area contributed by atoms with Crippen molar-refractivity contribution in [2.45, 2.75) is 39.2 Å². The Kier molecular flexibility index (Phi) is 6.58. The Morgan fingerprint density at radius 3 is 2.75 bits per heavy atom. The maximum atomic E-state index is 5.58. The van der Waals surface area contributed by atoms with E-state index in [2.05, 4.69) is 17.2 Å². The molecule has 0 atom stereocenters. The number of nitrogens with one attached hydrogen (secondary N) is 1. The third kappa shape index (κ3) is 5.12. The molecule has 1 aromatic heterocycles. The van der Waals surface area contributed by atoms with Crippen molar-refractivity contribution in [3.63, 3.8) is 0 Å². The van der Waals surface area contributed by atoms with E-state index in [9.17, 15) is 0 Å². The first-order chi connectivity index (χ1) is 7.86. The van der Waals surface area contributed by atoms with Crippen LogP contribution in [-0.2, 0) is 11.3 Å². The fourth-order valence-electron chi connectivity index (χ4n) is 1.48. The van der Waals surface area contributed by atoms with E-state index in [0.29, 0.717) is 6.61 Å². The van der Waals surface area contributed by atoms with Gasteiger partial charge in [-0.25, -0.2) is 4.98 Å². The van der Waals surface area contributed by atoms with Crippen molar-refractivity contribution in [2.75, 3.05) is 19.0 Å². The number of hydrogen-bond acceptors (Lipinski definition) is 3. The predicted octanol–water partition coefficient (Wildman–Crippen LogP) is 3.22. The SMILES string of the molecule is CCCCCCOCc1ccc(NC)nc1. The average molecular weight is 222 g/mol. The van der Waals surface area contributed by atoms with Crippen LogP contribution in [0, 0.1) is 0 Å². The highest BCUT2D eigenvalue weighted by Crippen LogP contribution is 2.06. The van der Waals surface area contributed by atoms with E-state index in [0.717, 1.165) is 24.4 Å². The van der Waals surface area contributed by atoms with Crippen LogP contribution in [0.3, 0.4) is 0 Å². The van der Waals surface area contributed by atoms with Crippen LogP contribution in [0.5, 0.6) is 0 Å². The molecule has 1 N–H and O–H groups in total. The standard InChI is InChI=1S/C13H22N2O/c1-3-4-5-6-9-16-11-12-7-8-13(14-2)15-10-12/h7-8,10H,3-6,9,11H2,1-2H3,(H,14,15). The van der Waals surface area contributed by atoms with Crippen LogP contribution in [0.2, 0.25) is 0 Å². The second-order valence-corrected chi connectivity index (χ2v) is 3.91. The molecule has 1 rings (SSSR count). The van der Waals surface area contributed by atoms with Gasteiger partial charge in [0.05, 0.1) is 6.61 Å². The Morgan fingerprint density at radius 1 is 1.25 bits per heavy atom. The molecular weight excluding hydrogens is 200 g/mol. The van der Waals surface area contributed by atoms with Gasteiger partial charge in [0.15, 0.2) is 0 Å². The summed E-state index contributed by atoms with van der Waals surface area (Å²) in [5, 5.41) is 2.99. The Morgan fingerprint density at radius 2 is 2.12 bits per heavy atom. The van der Waals surface area contributed by atoms with Gasteiger partial charge in [0.2, 0.25) is 0 Å². The summed E-state index contributed by atoms with van der Waals surface area (Å²) in [6.07, 6.45) is 6.87. The van der Waals surface area contributed by atoms with Crippen molar-refractivity contribution in [1.82, 2.24) is 4.98 Å². The summed E-state index contributed by atoms with van der Waals surface area (Å²) >= 11 is 0. The van der Waals surface area contributed by atoms with E-state index in [1.165, 1.54) is 19.3 Å². The minimum absolute atomic E-state index is 0.670. The summed E-state index contributed by atoms with van der Waals surface area (Å²) < 4.78 is 5.58. The maximum absolute atomic E-state index is 5.58. The van der Waals surface area contributed by atoms with E-state index in [-0.39, 0.29) is 0 Å². The minimum atomic E-state index is 0.670. The number of anilines is 1. The number of hydrogen-bond donors (Lipinski definition) is 1. The number of rotatable bonds is 8. The zero-order valence-electron chi connectivity index (χ0n) is 10.3. The van der Waals surface area contributed by atoms with Crippen molar-refractivity contribution in [3.8, 4) is 0 Å². The fourth-order valence-corrected chi connectivity index (χ4v) is 1.48. The van der Waals surface area contributed by atoms with Gasteiger partial charge in [-0.1, -0.05) is 32.3 Å². The van der Waals surface area contributed by atoms with Gasteiger partial charge in [0.1, 0.15) is 5.82 Å². The van der Waals surface area contributed by atoms with Gasteiger partial charge in [-0.3, -0.25) is 0 Å². The van der Waals surface area contributed by atoms with Gasteiger partial charge >= 0.3 is 0 Å². The number of unbranched alkanes of at least 4 members (excludes halogenated alkanes) is 3. The molecule has 3 heteroatoms. The molecule has 0 aliphatic heterocycles. The lowest BCUT2D eigenvalue weighted by Crippen LogP contribution is -1.97. The number of ether oxygens (including phenoxy) is 1. The summed E-state index contributed by atoms with van der Waals surface area (Å²) in [5.41, 5.74) is 1.13. The molecule has 0 amide bonds. The quantitative estimate of drug-likeness (QED) is 0.686. The first-order valence-electron chi connectivity index (χ1n) is 6.07. The number of nitrogens with zero attached hydrogens (tertiary/aromatic N) is 1. The Balaban J connectivity index is 2.12. The Labute approximate surface area is 98.2 Å². The lowest BCUT2D eigenvalue weighted by molar-refractivity contribution is 0.116. The number of aromatic nitrogens is 1. The van der Waals surface area contributed by atoms with Crippen molar-refractivity contribution >= 4 is 5.82 Å². The molecule has 0 saturated heterocycles. The van der Waals surface area contributed by atoms with Crippen LogP contribution in [0.25, 0.3) is 0 Å². The van der Waals surface area contributed by atoms with Gasteiger partial charge in [-0.05, 0) is 18.1 Å². The first-order valence-corrected chi connectivity index (χ1v) is 6.07. The zero-order valence-corrected chi connectivity index (χ0v) is 10.3. The van der Waals surface area contributed by atoms with E-state index >= 15 is 0 Å². The molecule has 3 nitrogen and oxygen atoms in total. The van der Waals surface area contributed by atoms with Crippen LogP contribution < -0.4 is 5.32 Å². The summed E-state index contributed by atoms with van der Waals surface area (Å²) in [7, 11) is 1.87. The topological polar surface area (TPSA) is 34.1 Å². The van der Waals surface area contributed by atoms with E-state index < -0.39 is 0 Å². The monoisotopic (exact) mass is 222 g/mol. The molecule has 0 spiro atoms. The lowest BCUT2D eigenvalue weighted by atomic mass is 10.2. The molecule has 0 bridgehead atoms. The Bertz CT molecular complexity index is 272. The predicted molar refractivity (Wildman–Crippen MR) is 67.6 cm³/mol. The molecule has 1 heterocycles. The molecule has 1 aromatic rings. The average Bonchev–Trinajstić information content (AvgIpc) is 2.34. The zero-order chi connectivity index (χ0) is 11.6. The fraction of sp³-hybridized carbons (Fsp3) is 0.615. The summed E-state index contributed by atoms with van der Waals surface area (Å²) in [4.78, 5) is 4.23. The highest BCUT2D eigenvalue weighted by Gasteiger charge is 1.95. The van der Waals surface area contributed by atoms with Gasteiger partial charge < -0.3 is 10.1 Å². The molecule has 0 saturated carbocycles. The molecule has 16 heavy (non-hydrogen) atoms. The van der Waals surface area contributed by atoms with Gasteiger partial charge in [-0.15, -0.1) is 0 Å². The largest absolute Gasteiger partial charge is 0.377 e. The van der Waals surface area contributed by atoms with Gasteiger partial charge in [0, 0.05) is 19.9 Å². The molecule has 0 radical (unpaired) electrons. The van der Waals surface area contributed by atoms with Crippen LogP contribution in [0.4, 0.5) is 5.82 Å². The summed E-state index contributed by atoms with van der Waals surface area (Å²) in [6.45, 7) is 3.74. The molecule has 0 aliphatic carbocycles. The number of pyridine rings is 1. The highest BCUT2D eigenvalue weighted by molar-refractivity contribution is 5.34. The second-order valence-electron chi connectivity index (χ2n) is 3.91. The smallest absolute Gasteiger partial charge is 0.125 e. The molecule has 0 aromatic carbocycles. The summed E-state index contributed by atoms with van der Waals surface area (Å²) in [6, 6.07) is 4.01. The van der Waals surface area contributed by atoms with Crippen LogP contribution in [-0.4, -0.2) is 18.6 Å². The lowest BCUT2D eigenvalue weighted by Gasteiger charge is -2.05. The van der Waals surface area contributed by atoms with Gasteiger partial charge in [-0.2, -0.15) is 0 Å². The third-order valence-electron chi connectivity index (χ3n) is 2.49. The first kappa shape index (κ1) is 13.0. The van der Waals surface area contributed by atoms with E-state index in [4.69, 9.17) is 4.74 Å². The molecule has 0 fully saturated rings. The third-order valence-corrected chi connectivity index (χ3v) is 2.49. The van der Waals surface area contributed by atoms with Crippen molar-refractivity contribution < 1.29 is 4.74 Å². The van der Waals surface area contributed by atoms with Crippen LogP contribution >= 0.6 is 0 Å². The second kappa shape index (κ2) is 8.11. The normalized spacial score (nSPS) is 10.4. The van der Waals surface area contributed by atoms with E-state index in [1.807, 2.05) is 25.4 Å². The van der Waals surface area contributed by atoms with E-state index in [1.54, 1.807) is 0 Å². The van der Waals surface area contributed by atoms with Crippen molar-refractivity contribution in [1.29, 1.82) is 0 Å². The summed E-state index contributed by atoms with van der Waals surface area (Å²) in [5.74, 6) is 0.895. The molecular formula is C13H22N2O. The van der Waals surface area contributed by atoms with Crippen LogP contribution in [0.15, 0.2) is 18.3 Å².